The first kappa shape index (κ1) is 18.8. The molecule has 0 radical (unpaired) electrons. The first-order chi connectivity index (χ1) is 15.1. The Morgan fingerprint density at radius 1 is 1.00 bits per heavy atom. The molecule has 6 rings (SSSR count). The Labute approximate surface area is 179 Å². The van der Waals surface area contributed by atoms with Crippen LogP contribution in [0.4, 0.5) is 10.2 Å². The molecule has 4 aromatic rings. The Balaban J connectivity index is 1.62. The van der Waals surface area contributed by atoms with Crippen molar-refractivity contribution in [3.8, 4) is 0 Å². The van der Waals surface area contributed by atoms with Crippen molar-refractivity contribution in [1.82, 2.24) is 18.9 Å². The lowest BCUT2D eigenvalue weighted by atomic mass is 10.2. The summed E-state index contributed by atoms with van der Waals surface area (Å²) in [6.07, 6.45) is 3.43. The van der Waals surface area contributed by atoms with Crippen molar-refractivity contribution < 1.29 is 4.39 Å². The fraction of sp³-hybridized carbons (Fsp3) is 0.417. The number of rotatable bonds is 3. The molecule has 1 saturated carbocycles. The number of benzene rings is 1. The molecule has 2 aliphatic rings. The topological polar surface area (TPSA) is 45.8 Å². The Morgan fingerprint density at radius 3 is 2.68 bits per heavy atom. The van der Waals surface area contributed by atoms with Crippen molar-refractivity contribution in [1.29, 1.82) is 0 Å². The quantitative estimate of drug-likeness (QED) is 0.510. The van der Waals surface area contributed by atoms with Crippen LogP contribution in [0.15, 0.2) is 41.2 Å². The largest absolute Gasteiger partial charge is 0.355 e. The fourth-order valence-corrected chi connectivity index (χ4v) is 4.82. The number of nitrogens with zero attached hydrogens (tertiary/aromatic N) is 5. The van der Waals surface area contributed by atoms with Crippen LogP contribution in [0, 0.1) is 11.7 Å². The number of anilines is 1. The second-order valence-corrected chi connectivity index (χ2v) is 9.08. The van der Waals surface area contributed by atoms with Gasteiger partial charge in [-0.15, -0.1) is 0 Å². The minimum atomic E-state index is -0.298. The second-order valence-electron chi connectivity index (χ2n) is 9.08. The van der Waals surface area contributed by atoms with Gasteiger partial charge in [-0.1, -0.05) is 0 Å². The molecule has 0 spiro atoms. The first-order valence-corrected chi connectivity index (χ1v) is 11.2. The molecule has 4 heterocycles. The SMILES string of the molecule is CN1CCCN(c2ccc3c(n2)n2c(cc4cc(F)ccc42)c(=O)n3CC2CC2)CC1. The highest BCUT2D eigenvalue weighted by molar-refractivity contribution is 5.92. The third-order valence-electron chi connectivity index (χ3n) is 6.75. The van der Waals surface area contributed by atoms with Gasteiger partial charge in [0.1, 0.15) is 17.2 Å². The van der Waals surface area contributed by atoms with E-state index in [1.54, 1.807) is 12.1 Å². The lowest BCUT2D eigenvalue weighted by Gasteiger charge is -2.22. The number of pyridine rings is 1. The Kier molecular flexibility index (Phi) is 4.28. The number of halogens is 1. The zero-order valence-corrected chi connectivity index (χ0v) is 17.7. The van der Waals surface area contributed by atoms with Crippen LogP contribution < -0.4 is 10.5 Å². The van der Waals surface area contributed by atoms with Crippen molar-refractivity contribution in [2.45, 2.75) is 25.8 Å². The molecule has 3 aromatic heterocycles. The van der Waals surface area contributed by atoms with Crippen molar-refractivity contribution in [2.24, 2.45) is 5.92 Å². The van der Waals surface area contributed by atoms with E-state index in [0.717, 1.165) is 67.0 Å². The van der Waals surface area contributed by atoms with E-state index in [2.05, 4.69) is 16.8 Å². The van der Waals surface area contributed by atoms with Gasteiger partial charge in [0.15, 0.2) is 5.65 Å². The number of hydrogen-bond donors (Lipinski definition) is 0. The van der Waals surface area contributed by atoms with Gasteiger partial charge in [-0.05, 0) is 75.2 Å². The molecule has 160 valence electrons. The van der Waals surface area contributed by atoms with Crippen LogP contribution in [0.25, 0.3) is 27.6 Å². The van der Waals surface area contributed by atoms with E-state index in [9.17, 15) is 9.18 Å². The third kappa shape index (κ3) is 3.19. The van der Waals surface area contributed by atoms with E-state index in [1.165, 1.54) is 25.0 Å². The molecule has 2 fully saturated rings. The molecule has 1 saturated heterocycles. The maximum absolute atomic E-state index is 13.9. The first-order valence-electron chi connectivity index (χ1n) is 11.2. The Bertz CT molecular complexity index is 1370. The average Bonchev–Trinajstić information content (AvgIpc) is 3.54. The van der Waals surface area contributed by atoms with Gasteiger partial charge in [0.25, 0.3) is 5.56 Å². The lowest BCUT2D eigenvalue weighted by Crippen LogP contribution is -2.30. The lowest BCUT2D eigenvalue weighted by molar-refractivity contribution is 0.360. The van der Waals surface area contributed by atoms with Gasteiger partial charge < -0.3 is 14.4 Å². The van der Waals surface area contributed by atoms with Gasteiger partial charge in [-0.25, -0.2) is 9.37 Å². The summed E-state index contributed by atoms with van der Waals surface area (Å²) < 4.78 is 17.7. The molecule has 0 N–H and O–H groups in total. The van der Waals surface area contributed by atoms with Gasteiger partial charge in [0.2, 0.25) is 0 Å². The van der Waals surface area contributed by atoms with Crippen molar-refractivity contribution in [2.75, 3.05) is 38.1 Å². The Morgan fingerprint density at radius 2 is 1.84 bits per heavy atom. The molecule has 1 aromatic carbocycles. The van der Waals surface area contributed by atoms with Crippen molar-refractivity contribution in [3.05, 3.63) is 52.6 Å². The summed E-state index contributed by atoms with van der Waals surface area (Å²) in [5.74, 6) is 1.20. The van der Waals surface area contributed by atoms with Gasteiger partial charge in [-0.2, -0.15) is 0 Å². The van der Waals surface area contributed by atoms with Crippen LogP contribution in [0.5, 0.6) is 0 Å². The molecular weight excluding hydrogens is 393 g/mol. The highest BCUT2D eigenvalue weighted by atomic mass is 19.1. The summed E-state index contributed by atoms with van der Waals surface area (Å²) in [6.45, 7) is 4.70. The number of aromatic nitrogens is 3. The van der Waals surface area contributed by atoms with E-state index >= 15 is 0 Å². The smallest absolute Gasteiger partial charge is 0.275 e. The van der Waals surface area contributed by atoms with Crippen LogP contribution in [0.1, 0.15) is 19.3 Å². The Hall–Kier alpha value is -2.93. The highest BCUT2D eigenvalue weighted by Gasteiger charge is 2.25. The van der Waals surface area contributed by atoms with Crippen molar-refractivity contribution in [3.63, 3.8) is 0 Å². The predicted octanol–water partition coefficient (Wildman–Crippen LogP) is 3.49. The molecule has 0 bridgehead atoms. The summed E-state index contributed by atoms with van der Waals surface area (Å²) in [6, 6.07) is 10.6. The number of likely N-dealkylation sites (N-methyl/N-ethyl adjacent to an activating group) is 1. The maximum atomic E-state index is 13.9. The summed E-state index contributed by atoms with van der Waals surface area (Å²) in [5, 5.41) is 0.728. The minimum Gasteiger partial charge on any atom is -0.355 e. The van der Waals surface area contributed by atoms with E-state index in [-0.39, 0.29) is 11.4 Å². The van der Waals surface area contributed by atoms with Crippen LogP contribution in [-0.4, -0.2) is 52.1 Å². The van der Waals surface area contributed by atoms with E-state index in [4.69, 9.17) is 4.98 Å². The molecule has 6 nitrogen and oxygen atoms in total. The third-order valence-corrected chi connectivity index (χ3v) is 6.75. The van der Waals surface area contributed by atoms with Crippen molar-refractivity contribution >= 4 is 33.4 Å². The molecule has 31 heavy (non-hydrogen) atoms. The summed E-state index contributed by atoms with van der Waals surface area (Å²) >= 11 is 0. The van der Waals surface area contributed by atoms with Gasteiger partial charge in [0.05, 0.1) is 11.0 Å². The van der Waals surface area contributed by atoms with Gasteiger partial charge in [0, 0.05) is 31.6 Å². The predicted molar refractivity (Wildman–Crippen MR) is 121 cm³/mol. The molecule has 0 atom stereocenters. The van der Waals surface area contributed by atoms with E-state index in [0.29, 0.717) is 11.4 Å². The molecule has 7 heteroatoms. The molecular formula is C24H26FN5O. The van der Waals surface area contributed by atoms with Gasteiger partial charge in [-0.3, -0.25) is 9.20 Å². The van der Waals surface area contributed by atoms with E-state index in [1.807, 2.05) is 21.1 Å². The monoisotopic (exact) mass is 419 g/mol. The summed E-state index contributed by atoms with van der Waals surface area (Å²) in [4.78, 5) is 23.2. The summed E-state index contributed by atoms with van der Waals surface area (Å²) in [7, 11) is 2.16. The fourth-order valence-electron chi connectivity index (χ4n) is 4.82. The van der Waals surface area contributed by atoms with Crippen LogP contribution in [0.3, 0.4) is 0 Å². The standard InChI is InChI=1S/C24H26FN5O/c1-27-9-2-10-28(12-11-27)22-8-7-20-23(26-22)30-19-6-5-18(25)13-17(19)14-21(30)24(31)29(20)15-16-3-4-16/h5-8,13-14,16H,2-4,9-12,15H2,1H3. The van der Waals surface area contributed by atoms with Gasteiger partial charge >= 0.3 is 0 Å². The molecule has 1 aliphatic carbocycles. The number of fused-ring (bicyclic) bond motifs is 5. The maximum Gasteiger partial charge on any atom is 0.275 e. The minimum absolute atomic E-state index is 0.0260. The van der Waals surface area contributed by atoms with Crippen LogP contribution in [0.2, 0.25) is 0 Å². The second kappa shape index (κ2) is 7.05. The van der Waals surface area contributed by atoms with E-state index < -0.39 is 0 Å². The highest BCUT2D eigenvalue weighted by Crippen LogP contribution is 2.32. The average molecular weight is 420 g/mol. The zero-order chi connectivity index (χ0) is 21.1. The van der Waals surface area contributed by atoms with Crippen LogP contribution in [-0.2, 0) is 6.54 Å². The number of hydrogen-bond acceptors (Lipinski definition) is 4. The normalized spacial score (nSPS) is 18.3. The molecule has 1 aliphatic heterocycles. The van der Waals surface area contributed by atoms with Crippen LogP contribution >= 0.6 is 0 Å². The zero-order valence-electron chi connectivity index (χ0n) is 17.7. The summed E-state index contributed by atoms with van der Waals surface area (Å²) in [5.41, 5.74) is 2.97. The molecule has 0 amide bonds. The molecule has 0 unspecified atom stereocenters.